The quantitative estimate of drug-likeness (QED) is 0.726. The number of rotatable bonds is 7. The van der Waals surface area contributed by atoms with E-state index in [1.165, 1.54) is 0 Å². The molecule has 3 rings (SSSR count). The van der Waals surface area contributed by atoms with Crippen molar-refractivity contribution < 1.29 is 14.3 Å². The third kappa shape index (κ3) is 4.94. The third-order valence-corrected chi connectivity index (χ3v) is 4.94. The van der Waals surface area contributed by atoms with Crippen LogP contribution in [0.5, 0.6) is 11.5 Å². The number of carbonyl (C=O) groups is 1. The van der Waals surface area contributed by atoms with E-state index in [0.29, 0.717) is 36.2 Å². The van der Waals surface area contributed by atoms with Crippen LogP contribution in [-0.4, -0.2) is 54.8 Å². The summed E-state index contributed by atoms with van der Waals surface area (Å²) in [5, 5.41) is 14.6. The molecule has 1 aliphatic heterocycles. The van der Waals surface area contributed by atoms with E-state index in [2.05, 4.69) is 20.9 Å². The zero-order valence-corrected chi connectivity index (χ0v) is 17.3. The summed E-state index contributed by atoms with van der Waals surface area (Å²) < 4.78 is 12.4. The van der Waals surface area contributed by atoms with Crippen LogP contribution in [-0.2, 0) is 6.42 Å². The van der Waals surface area contributed by atoms with Crippen LogP contribution in [0.4, 0.5) is 0 Å². The van der Waals surface area contributed by atoms with Gasteiger partial charge in [-0.2, -0.15) is 0 Å². The van der Waals surface area contributed by atoms with Crippen molar-refractivity contribution in [2.24, 2.45) is 0 Å². The number of hydrogen-bond acceptors (Lipinski definition) is 6. The summed E-state index contributed by atoms with van der Waals surface area (Å²) in [6.45, 7) is 4.35. The highest BCUT2D eigenvalue weighted by atomic mass is 35.5. The lowest BCUT2D eigenvalue weighted by molar-refractivity contribution is 0.0948. The maximum atomic E-state index is 12.5. The second kappa shape index (κ2) is 10.3. The van der Waals surface area contributed by atoms with Gasteiger partial charge in [0, 0.05) is 6.54 Å². The van der Waals surface area contributed by atoms with E-state index in [1.807, 2.05) is 29.8 Å². The molecule has 1 amide bonds. The van der Waals surface area contributed by atoms with Gasteiger partial charge in [0.25, 0.3) is 5.91 Å². The molecule has 1 saturated heterocycles. The molecule has 1 fully saturated rings. The number of benzene rings is 1. The number of amides is 1. The molecule has 2 heterocycles. The Labute approximate surface area is 171 Å². The Morgan fingerprint density at radius 2 is 1.96 bits per heavy atom. The maximum absolute atomic E-state index is 12.5. The monoisotopic (exact) mass is 409 g/mol. The van der Waals surface area contributed by atoms with Crippen LogP contribution in [0, 0.1) is 6.92 Å². The Hall–Kier alpha value is -2.32. The molecule has 2 aromatic rings. The molecule has 0 bridgehead atoms. The number of nitrogens with one attached hydrogen (secondary N) is 2. The van der Waals surface area contributed by atoms with E-state index in [-0.39, 0.29) is 18.3 Å². The highest BCUT2D eigenvalue weighted by Gasteiger charge is 2.22. The van der Waals surface area contributed by atoms with Crippen LogP contribution >= 0.6 is 12.4 Å². The van der Waals surface area contributed by atoms with Crippen molar-refractivity contribution in [3.63, 3.8) is 0 Å². The predicted octanol–water partition coefficient (Wildman–Crippen LogP) is 1.92. The minimum atomic E-state index is -0.187. The SMILES string of the molecule is COc1ccc(CCNC(=O)c2nnn(C3CCNCC3)c2C)cc1OC.Cl. The third-order valence-electron chi connectivity index (χ3n) is 4.94. The summed E-state index contributed by atoms with van der Waals surface area (Å²) in [6.07, 6.45) is 2.70. The second-order valence-corrected chi connectivity index (χ2v) is 6.64. The van der Waals surface area contributed by atoms with Crippen LogP contribution in [0.3, 0.4) is 0 Å². The Morgan fingerprint density at radius 1 is 1.25 bits per heavy atom. The number of carbonyl (C=O) groups excluding carboxylic acids is 1. The molecule has 0 spiro atoms. The number of methoxy groups -OCH3 is 2. The average molecular weight is 410 g/mol. The first-order chi connectivity index (χ1) is 13.1. The average Bonchev–Trinajstić information content (AvgIpc) is 3.09. The van der Waals surface area contributed by atoms with Crippen LogP contribution in [0.15, 0.2) is 18.2 Å². The molecule has 0 saturated carbocycles. The maximum Gasteiger partial charge on any atom is 0.273 e. The van der Waals surface area contributed by atoms with Crippen molar-refractivity contribution >= 4 is 18.3 Å². The minimum absolute atomic E-state index is 0. The minimum Gasteiger partial charge on any atom is -0.493 e. The number of piperidine rings is 1. The molecule has 1 aliphatic rings. The highest BCUT2D eigenvalue weighted by molar-refractivity contribution is 5.93. The predicted molar refractivity (Wildman–Crippen MR) is 109 cm³/mol. The number of hydrogen-bond donors (Lipinski definition) is 2. The molecule has 28 heavy (non-hydrogen) atoms. The molecule has 9 heteroatoms. The zero-order chi connectivity index (χ0) is 19.2. The number of nitrogens with zero attached hydrogens (tertiary/aromatic N) is 3. The molecule has 154 valence electrons. The summed E-state index contributed by atoms with van der Waals surface area (Å²) in [5.41, 5.74) is 2.29. The molecule has 1 aromatic heterocycles. The van der Waals surface area contributed by atoms with Gasteiger partial charge >= 0.3 is 0 Å². The largest absolute Gasteiger partial charge is 0.493 e. The van der Waals surface area contributed by atoms with Crippen molar-refractivity contribution in [1.82, 2.24) is 25.6 Å². The molecule has 8 nitrogen and oxygen atoms in total. The summed E-state index contributed by atoms with van der Waals surface area (Å²) in [6, 6.07) is 6.06. The van der Waals surface area contributed by atoms with Crippen LogP contribution in [0.25, 0.3) is 0 Å². The molecular formula is C19H28ClN5O3. The number of aromatic nitrogens is 3. The van der Waals surface area contributed by atoms with E-state index in [4.69, 9.17) is 9.47 Å². The van der Waals surface area contributed by atoms with Gasteiger partial charge in [-0.3, -0.25) is 4.79 Å². The van der Waals surface area contributed by atoms with Gasteiger partial charge < -0.3 is 20.1 Å². The van der Waals surface area contributed by atoms with E-state index in [0.717, 1.165) is 37.2 Å². The zero-order valence-electron chi connectivity index (χ0n) is 16.5. The van der Waals surface area contributed by atoms with E-state index in [1.54, 1.807) is 14.2 Å². The lowest BCUT2D eigenvalue weighted by atomic mass is 10.1. The second-order valence-electron chi connectivity index (χ2n) is 6.64. The van der Waals surface area contributed by atoms with Gasteiger partial charge in [0.2, 0.25) is 0 Å². The first-order valence-electron chi connectivity index (χ1n) is 9.25. The van der Waals surface area contributed by atoms with Crippen molar-refractivity contribution in [3.8, 4) is 11.5 Å². The Morgan fingerprint density at radius 3 is 2.64 bits per heavy atom. The molecule has 1 aromatic carbocycles. The van der Waals surface area contributed by atoms with Crippen LogP contribution < -0.4 is 20.1 Å². The van der Waals surface area contributed by atoms with Gasteiger partial charge in [0.05, 0.1) is 26.0 Å². The first kappa shape index (κ1) is 22.0. The van der Waals surface area contributed by atoms with Crippen LogP contribution in [0.2, 0.25) is 0 Å². The smallest absolute Gasteiger partial charge is 0.273 e. The van der Waals surface area contributed by atoms with Gasteiger partial charge in [-0.25, -0.2) is 4.68 Å². The van der Waals surface area contributed by atoms with Crippen molar-refractivity contribution in [3.05, 3.63) is 35.2 Å². The van der Waals surface area contributed by atoms with Gasteiger partial charge in [0.1, 0.15) is 0 Å². The van der Waals surface area contributed by atoms with Crippen molar-refractivity contribution in [2.45, 2.75) is 32.2 Å². The Bertz CT molecular complexity index is 790. The molecular weight excluding hydrogens is 382 g/mol. The fourth-order valence-electron chi connectivity index (χ4n) is 3.39. The van der Waals surface area contributed by atoms with Gasteiger partial charge in [-0.1, -0.05) is 11.3 Å². The highest BCUT2D eigenvalue weighted by Crippen LogP contribution is 2.27. The van der Waals surface area contributed by atoms with Crippen molar-refractivity contribution in [2.75, 3.05) is 33.9 Å². The standard InChI is InChI=1S/C19H27N5O3.ClH/c1-13-18(22-23-24(13)15-7-9-20-10-8-15)19(25)21-11-6-14-4-5-16(26-2)17(12-14)27-3;/h4-5,12,15,20H,6-11H2,1-3H3,(H,21,25);1H. The van der Waals surface area contributed by atoms with E-state index in [9.17, 15) is 4.79 Å². The van der Waals surface area contributed by atoms with Crippen molar-refractivity contribution in [1.29, 1.82) is 0 Å². The summed E-state index contributed by atoms with van der Waals surface area (Å²) >= 11 is 0. The lowest BCUT2D eigenvalue weighted by Gasteiger charge is -2.23. The lowest BCUT2D eigenvalue weighted by Crippen LogP contribution is -2.30. The Balaban J connectivity index is 0.00000280. The van der Waals surface area contributed by atoms with E-state index >= 15 is 0 Å². The Kier molecular flexibility index (Phi) is 8.07. The normalized spacial score (nSPS) is 14.2. The van der Waals surface area contributed by atoms with E-state index < -0.39 is 0 Å². The molecule has 0 aliphatic carbocycles. The van der Waals surface area contributed by atoms with Gasteiger partial charge in [-0.15, -0.1) is 17.5 Å². The summed E-state index contributed by atoms with van der Waals surface area (Å²) in [5.74, 6) is 1.19. The molecule has 0 unspecified atom stereocenters. The molecule has 0 atom stereocenters. The topological polar surface area (TPSA) is 90.3 Å². The first-order valence-corrected chi connectivity index (χ1v) is 9.25. The van der Waals surface area contributed by atoms with Gasteiger partial charge in [0.15, 0.2) is 17.2 Å². The summed E-state index contributed by atoms with van der Waals surface area (Å²) in [7, 11) is 3.22. The number of halogens is 1. The molecule has 0 radical (unpaired) electrons. The van der Waals surface area contributed by atoms with Gasteiger partial charge in [-0.05, 0) is 57.0 Å². The van der Waals surface area contributed by atoms with Crippen LogP contribution in [0.1, 0.15) is 40.6 Å². The summed E-state index contributed by atoms with van der Waals surface area (Å²) in [4.78, 5) is 12.5. The fraction of sp³-hybridized carbons (Fsp3) is 0.526. The number of ether oxygens (including phenoxy) is 2. The fourth-order valence-corrected chi connectivity index (χ4v) is 3.39. The molecule has 2 N–H and O–H groups in total.